The molecule has 1 N–H and O–H groups in total. The highest BCUT2D eigenvalue weighted by Crippen LogP contribution is 2.20. The van der Waals surface area contributed by atoms with Crippen LogP contribution in [0.3, 0.4) is 0 Å². The van der Waals surface area contributed by atoms with Gasteiger partial charge in [-0.05, 0) is 34.7 Å². The number of benzene rings is 1. The maximum Gasteiger partial charge on any atom is 0.0771 e. The van der Waals surface area contributed by atoms with Gasteiger partial charge in [0.25, 0.3) is 0 Å². The van der Waals surface area contributed by atoms with Gasteiger partial charge >= 0.3 is 0 Å². The molecule has 0 aliphatic heterocycles. The summed E-state index contributed by atoms with van der Waals surface area (Å²) in [5.74, 6) is 0. The number of anilines is 1. The van der Waals surface area contributed by atoms with Gasteiger partial charge in [-0.15, -0.1) is 6.58 Å². The van der Waals surface area contributed by atoms with Crippen LogP contribution in [-0.2, 0) is 0 Å². The van der Waals surface area contributed by atoms with E-state index >= 15 is 0 Å². The van der Waals surface area contributed by atoms with E-state index in [9.17, 15) is 5.21 Å². The summed E-state index contributed by atoms with van der Waals surface area (Å²) in [7, 11) is 0. The molecule has 0 atom stereocenters. The van der Waals surface area contributed by atoms with Crippen molar-refractivity contribution < 1.29 is 5.21 Å². The summed E-state index contributed by atoms with van der Waals surface area (Å²) in [6, 6.07) is 7.64. The lowest BCUT2D eigenvalue weighted by Gasteiger charge is -2.15. The fourth-order valence-corrected chi connectivity index (χ4v) is 1.55. The highest BCUT2D eigenvalue weighted by Gasteiger charge is 2.03. The maximum absolute atomic E-state index is 9.46. The fourth-order valence-electron chi connectivity index (χ4n) is 0.882. The van der Waals surface area contributed by atoms with Crippen LogP contribution < -0.4 is 5.06 Å². The molecule has 0 aromatic heterocycles. The molecule has 0 radical (unpaired) electrons. The van der Waals surface area contributed by atoms with E-state index in [-0.39, 0.29) is 0 Å². The first kappa shape index (κ1) is 9.54. The van der Waals surface area contributed by atoms with Crippen LogP contribution in [0.4, 0.5) is 5.69 Å². The molecular weight excluding hydrogens is 265 g/mol. The van der Waals surface area contributed by atoms with Crippen LogP contribution in [-0.4, -0.2) is 11.8 Å². The van der Waals surface area contributed by atoms with Gasteiger partial charge in [-0.25, -0.2) is 0 Å². The van der Waals surface area contributed by atoms with Gasteiger partial charge < -0.3 is 0 Å². The molecule has 0 fully saturated rings. The molecule has 0 bridgehead atoms. The third-order valence-electron chi connectivity index (χ3n) is 1.43. The summed E-state index contributed by atoms with van der Waals surface area (Å²) in [5.41, 5.74) is 0.818. The van der Waals surface area contributed by atoms with Crippen molar-refractivity contribution in [3.63, 3.8) is 0 Å². The molecule has 0 amide bonds. The van der Waals surface area contributed by atoms with Crippen LogP contribution in [0.1, 0.15) is 0 Å². The first-order valence-electron chi connectivity index (χ1n) is 3.57. The topological polar surface area (TPSA) is 23.5 Å². The van der Waals surface area contributed by atoms with E-state index in [1.54, 1.807) is 6.08 Å². The second-order valence-corrected chi connectivity index (χ2v) is 3.48. The summed E-state index contributed by atoms with van der Waals surface area (Å²) >= 11 is 2.18. The lowest BCUT2D eigenvalue weighted by atomic mass is 10.3. The Balaban J connectivity index is 2.86. The number of para-hydroxylation sites is 1. The van der Waals surface area contributed by atoms with Crippen molar-refractivity contribution in [2.45, 2.75) is 0 Å². The number of hydroxylamine groups is 1. The minimum absolute atomic E-state index is 0.444. The molecule has 2 nitrogen and oxygen atoms in total. The van der Waals surface area contributed by atoms with E-state index in [1.807, 2.05) is 24.3 Å². The SMILES string of the molecule is C=CCN(O)c1ccccc1I. The van der Waals surface area contributed by atoms with Crippen molar-refractivity contribution in [1.29, 1.82) is 0 Å². The van der Waals surface area contributed by atoms with Crippen LogP contribution >= 0.6 is 22.6 Å². The number of halogens is 1. The number of rotatable bonds is 3. The van der Waals surface area contributed by atoms with Crippen molar-refractivity contribution in [2.24, 2.45) is 0 Å². The summed E-state index contributed by atoms with van der Waals surface area (Å²) in [5, 5.41) is 10.6. The Hall–Kier alpha value is -0.550. The van der Waals surface area contributed by atoms with Gasteiger partial charge in [-0.1, -0.05) is 18.2 Å². The zero-order valence-corrected chi connectivity index (χ0v) is 8.73. The summed E-state index contributed by atoms with van der Waals surface area (Å²) in [6.45, 7) is 4.00. The predicted octanol–water partition coefficient (Wildman–Crippen LogP) is 2.67. The van der Waals surface area contributed by atoms with E-state index in [0.29, 0.717) is 6.54 Å². The predicted molar refractivity (Wildman–Crippen MR) is 58.5 cm³/mol. The van der Waals surface area contributed by atoms with Gasteiger partial charge in [0, 0.05) is 3.57 Å². The minimum atomic E-state index is 0.444. The second kappa shape index (κ2) is 4.47. The molecule has 0 heterocycles. The van der Waals surface area contributed by atoms with Gasteiger partial charge in [0.1, 0.15) is 0 Å². The minimum Gasteiger partial charge on any atom is -0.288 e. The van der Waals surface area contributed by atoms with Gasteiger partial charge in [0.2, 0.25) is 0 Å². The van der Waals surface area contributed by atoms with Crippen LogP contribution in [0.15, 0.2) is 36.9 Å². The zero-order valence-electron chi connectivity index (χ0n) is 6.57. The molecule has 0 saturated heterocycles. The van der Waals surface area contributed by atoms with E-state index in [4.69, 9.17) is 0 Å². The number of hydrogen-bond acceptors (Lipinski definition) is 2. The lowest BCUT2D eigenvalue weighted by Crippen LogP contribution is -2.18. The van der Waals surface area contributed by atoms with Crippen LogP contribution in [0.2, 0.25) is 0 Å². The van der Waals surface area contributed by atoms with Crippen LogP contribution in [0.25, 0.3) is 0 Å². The Kier molecular flexibility index (Phi) is 3.55. The molecule has 1 aromatic rings. The number of hydrogen-bond donors (Lipinski definition) is 1. The normalized spacial score (nSPS) is 9.50. The Morgan fingerprint density at radius 2 is 2.17 bits per heavy atom. The molecule has 0 unspecified atom stereocenters. The molecule has 0 aliphatic rings. The van der Waals surface area contributed by atoms with Crippen LogP contribution in [0, 0.1) is 3.57 Å². The zero-order chi connectivity index (χ0) is 8.97. The fraction of sp³-hybridized carbons (Fsp3) is 0.111. The first-order valence-corrected chi connectivity index (χ1v) is 4.65. The molecule has 64 valence electrons. The molecule has 3 heteroatoms. The van der Waals surface area contributed by atoms with Gasteiger partial charge in [0.05, 0.1) is 12.2 Å². The van der Waals surface area contributed by atoms with Gasteiger partial charge in [-0.2, -0.15) is 0 Å². The van der Waals surface area contributed by atoms with Crippen molar-refractivity contribution in [1.82, 2.24) is 0 Å². The summed E-state index contributed by atoms with van der Waals surface area (Å²) < 4.78 is 1.03. The first-order chi connectivity index (χ1) is 5.75. The molecule has 0 aliphatic carbocycles. The summed E-state index contributed by atoms with van der Waals surface area (Å²) in [4.78, 5) is 0. The monoisotopic (exact) mass is 275 g/mol. The second-order valence-electron chi connectivity index (χ2n) is 2.32. The highest BCUT2D eigenvalue weighted by atomic mass is 127. The highest BCUT2D eigenvalue weighted by molar-refractivity contribution is 14.1. The molecule has 0 spiro atoms. The van der Waals surface area contributed by atoms with Gasteiger partial charge in [0.15, 0.2) is 0 Å². The largest absolute Gasteiger partial charge is 0.288 e. The lowest BCUT2D eigenvalue weighted by molar-refractivity contribution is 0.265. The average molecular weight is 275 g/mol. The molecular formula is C9H10INO. The molecule has 12 heavy (non-hydrogen) atoms. The van der Waals surface area contributed by atoms with E-state index in [0.717, 1.165) is 9.26 Å². The molecule has 0 saturated carbocycles. The summed E-state index contributed by atoms with van der Waals surface area (Å²) in [6.07, 6.45) is 1.66. The van der Waals surface area contributed by atoms with E-state index in [2.05, 4.69) is 29.2 Å². The Labute approximate surface area is 85.6 Å². The van der Waals surface area contributed by atoms with Crippen molar-refractivity contribution in [2.75, 3.05) is 11.6 Å². The van der Waals surface area contributed by atoms with Crippen molar-refractivity contribution in [3.8, 4) is 0 Å². The van der Waals surface area contributed by atoms with Crippen molar-refractivity contribution in [3.05, 3.63) is 40.5 Å². The van der Waals surface area contributed by atoms with E-state index < -0.39 is 0 Å². The Morgan fingerprint density at radius 3 is 2.75 bits per heavy atom. The smallest absolute Gasteiger partial charge is 0.0771 e. The third-order valence-corrected chi connectivity index (χ3v) is 2.34. The average Bonchev–Trinajstić information content (AvgIpc) is 2.05. The van der Waals surface area contributed by atoms with Gasteiger partial charge in [-0.3, -0.25) is 10.3 Å². The molecule has 1 rings (SSSR count). The maximum atomic E-state index is 9.46. The van der Waals surface area contributed by atoms with E-state index in [1.165, 1.54) is 5.06 Å². The van der Waals surface area contributed by atoms with Crippen LogP contribution in [0.5, 0.6) is 0 Å². The Morgan fingerprint density at radius 1 is 1.50 bits per heavy atom. The number of nitrogens with zero attached hydrogens (tertiary/aromatic N) is 1. The van der Waals surface area contributed by atoms with Crippen molar-refractivity contribution >= 4 is 28.3 Å². The third kappa shape index (κ3) is 2.22. The quantitative estimate of drug-likeness (QED) is 0.521. The Bertz CT molecular complexity index is 275. The molecule has 1 aromatic carbocycles. The standard InChI is InChI=1S/C9H10INO/c1-2-7-11(12)9-6-4-3-5-8(9)10/h2-6,12H,1,7H2.